The Kier molecular flexibility index (Phi) is 13.4. The molecule has 0 aliphatic heterocycles. The van der Waals surface area contributed by atoms with Crippen molar-refractivity contribution >= 4 is 23.7 Å². The molecule has 0 saturated heterocycles. The highest BCUT2D eigenvalue weighted by atomic mass is 16.4. The minimum absolute atomic E-state index is 0.211. The maximum Gasteiger partial charge on any atom is 0.326 e. The number of carbonyl (C=O) groups is 4. The topological polar surface area (TPSA) is 231 Å². The summed E-state index contributed by atoms with van der Waals surface area (Å²) in [6.45, 7) is 2.30. The molecule has 34 heavy (non-hydrogen) atoms. The van der Waals surface area contributed by atoms with Gasteiger partial charge in [-0.25, -0.2) is 9.78 Å². The van der Waals surface area contributed by atoms with Gasteiger partial charge in [0.2, 0.25) is 17.7 Å². The third kappa shape index (κ3) is 10.7. The van der Waals surface area contributed by atoms with Crippen LogP contribution in [-0.2, 0) is 25.6 Å². The summed E-state index contributed by atoms with van der Waals surface area (Å²) in [5, 5.41) is 16.9. The second-order valence-corrected chi connectivity index (χ2v) is 8.15. The van der Waals surface area contributed by atoms with Gasteiger partial charge in [-0.1, -0.05) is 0 Å². The van der Waals surface area contributed by atoms with E-state index in [4.69, 9.17) is 17.2 Å². The van der Waals surface area contributed by atoms with E-state index < -0.39 is 47.9 Å². The van der Waals surface area contributed by atoms with E-state index in [0.717, 1.165) is 0 Å². The fourth-order valence-electron chi connectivity index (χ4n) is 3.19. The van der Waals surface area contributed by atoms with Crippen LogP contribution in [0.25, 0.3) is 0 Å². The number of unbranched alkanes of at least 4 members (excludes halogenated alkanes) is 2. The van der Waals surface area contributed by atoms with Crippen LogP contribution >= 0.6 is 0 Å². The molecule has 1 heterocycles. The Balaban J connectivity index is 2.71. The first-order valence-electron chi connectivity index (χ1n) is 11.5. The average Bonchev–Trinajstić information content (AvgIpc) is 3.30. The number of nitrogens with two attached hydrogens (primary N) is 3. The number of H-pyrrole nitrogens is 1. The van der Waals surface area contributed by atoms with Crippen LogP contribution in [0.3, 0.4) is 0 Å². The molecule has 1 aromatic heterocycles. The molecule has 0 aliphatic rings. The van der Waals surface area contributed by atoms with Crippen LogP contribution in [0.1, 0.15) is 51.1 Å². The largest absolute Gasteiger partial charge is 0.480 e. The zero-order valence-corrected chi connectivity index (χ0v) is 19.6. The predicted molar refractivity (Wildman–Crippen MR) is 125 cm³/mol. The number of hydrogen-bond donors (Lipinski definition) is 8. The molecule has 1 rings (SSSR count). The van der Waals surface area contributed by atoms with Crippen molar-refractivity contribution in [3.8, 4) is 0 Å². The Bertz CT molecular complexity index is 773. The van der Waals surface area contributed by atoms with Crippen molar-refractivity contribution < 1.29 is 24.3 Å². The van der Waals surface area contributed by atoms with Crippen molar-refractivity contribution in [1.29, 1.82) is 0 Å². The minimum atomic E-state index is -1.16. The fourth-order valence-corrected chi connectivity index (χ4v) is 3.19. The summed E-state index contributed by atoms with van der Waals surface area (Å²) in [4.78, 5) is 56.0. The van der Waals surface area contributed by atoms with Crippen molar-refractivity contribution in [3.05, 3.63) is 18.2 Å². The first-order chi connectivity index (χ1) is 16.2. The van der Waals surface area contributed by atoms with E-state index >= 15 is 0 Å². The summed E-state index contributed by atoms with van der Waals surface area (Å²) in [6.07, 6.45) is 6.18. The van der Waals surface area contributed by atoms with Gasteiger partial charge in [0.15, 0.2) is 0 Å². The molecular weight excluding hydrogens is 444 g/mol. The molecule has 13 heteroatoms. The highest BCUT2D eigenvalue weighted by Crippen LogP contribution is 2.05. The number of imidazole rings is 1. The Labute approximate surface area is 199 Å². The lowest BCUT2D eigenvalue weighted by atomic mass is 10.1. The number of carboxylic acids is 1. The summed E-state index contributed by atoms with van der Waals surface area (Å²) >= 11 is 0. The first kappa shape index (κ1) is 29.0. The summed E-state index contributed by atoms with van der Waals surface area (Å²) in [7, 11) is 0. The van der Waals surface area contributed by atoms with Crippen LogP contribution in [0.15, 0.2) is 12.5 Å². The lowest BCUT2D eigenvalue weighted by molar-refractivity contribution is -0.142. The summed E-state index contributed by atoms with van der Waals surface area (Å²) in [6, 6.07) is -3.94. The molecule has 0 saturated carbocycles. The van der Waals surface area contributed by atoms with Crippen LogP contribution in [0.4, 0.5) is 0 Å². The number of nitrogens with one attached hydrogen (secondary N) is 4. The van der Waals surface area contributed by atoms with E-state index in [9.17, 15) is 24.3 Å². The predicted octanol–water partition coefficient (Wildman–Crippen LogP) is -1.90. The van der Waals surface area contributed by atoms with Crippen LogP contribution in [-0.4, -0.2) is 76.0 Å². The molecule has 0 aromatic carbocycles. The molecule has 11 N–H and O–H groups in total. The summed E-state index contributed by atoms with van der Waals surface area (Å²) < 4.78 is 0. The minimum Gasteiger partial charge on any atom is -0.480 e. The Morgan fingerprint density at radius 3 is 2.06 bits per heavy atom. The van der Waals surface area contributed by atoms with Gasteiger partial charge in [0.25, 0.3) is 0 Å². The van der Waals surface area contributed by atoms with Crippen molar-refractivity contribution in [3.63, 3.8) is 0 Å². The number of hydrogen-bond acceptors (Lipinski definition) is 8. The molecule has 0 fully saturated rings. The van der Waals surface area contributed by atoms with E-state index in [1.165, 1.54) is 13.3 Å². The number of carboxylic acid groups (broad SMARTS) is 1. The number of aromatic amines is 1. The normalized spacial score (nSPS) is 14.5. The van der Waals surface area contributed by atoms with Gasteiger partial charge >= 0.3 is 5.97 Å². The molecule has 0 spiro atoms. The van der Waals surface area contributed by atoms with Crippen LogP contribution in [0, 0.1) is 0 Å². The number of nitrogens with zero attached hydrogens (tertiary/aromatic N) is 1. The second kappa shape index (κ2) is 15.7. The second-order valence-electron chi connectivity index (χ2n) is 8.15. The molecule has 3 amide bonds. The van der Waals surface area contributed by atoms with Gasteiger partial charge in [0, 0.05) is 18.3 Å². The van der Waals surface area contributed by atoms with Gasteiger partial charge in [-0.05, 0) is 58.5 Å². The Morgan fingerprint density at radius 2 is 1.53 bits per heavy atom. The fraction of sp³-hybridized carbons (Fsp3) is 0.667. The zero-order valence-electron chi connectivity index (χ0n) is 19.6. The van der Waals surface area contributed by atoms with Crippen LogP contribution < -0.4 is 33.2 Å². The van der Waals surface area contributed by atoms with Gasteiger partial charge < -0.3 is 43.2 Å². The monoisotopic (exact) mass is 482 g/mol. The Hall–Kier alpha value is -3.03. The van der Waals surface area contributed by atoms with E-state index in [-0.39, 0.29) is 12.8 Å². The molecule has 1 aromatic rings. The molecule has 0 radical (unpaired) electrons. The van der Waals surface area contributed by atoms with Crippen LogP contribution in [0.2, 0.25) is 0 Å². The van der Waals surface area contributed by atoms with Gasteiger partial charge in [-0.15, -0.1) is 0 Å². The van der Waals surface area contributed by atoms with Crippen LogP contribution in [0.5, 0.6) is 0 Å². The number of carbonyl (C=O) groups excluding carboxylic acids is 3. The molecule has 13 nitrogen and oxygen atoms in total. The number of amides is 3. The van der Waals surface area contributed by atoms with E-state index in [1.807, 2.05) is 0 Å². The maximum atomic E-state index is 12.8. The van der Waals surface area contributed by atoms with E-state index in [1.54, 1.807) is 6.20 Å². The van der Waals surface area contributed by atoms with Gasteiger partial charge in [-0.2, -0.15) is 0 Å². The highest BCUT2D eigenvalue weighted by Gasteiger charge is 2.28. The lowest BCUT2D eigenvalue weighted by Gasteiger charge is -2.23. The van der Waals surface area contributed by atoms with Crippen molar-refractivity contribution in [1.82, 2.24) is 25.9 Å². The van der Waals surface area contributed by atoms with Gasteiger partial charge in [0.1, 0.15) is 18.1 Å². The van der Waals surface area contributed by atoms with Crippen molar-refractivity contribution in [2.45, 2.75) is 76.0 Å². The third-order valence-electron chi connectivity index (χ3n) is 5.22. The summed E-state index contributed by atoms with van der Waals surface area (Å²) in [5.74, 6) is -2.90. The number of aliphatic carboxylic acids is 1. The molecule has 192 valence electrons. The van der Waals surface area contributed by atoms with Gasteiger partial charge in [0.05, 0.1) is 12.4 Å². The first-order valence-corrected chi connectivity index (χ1v) is 11.5. The lowest BCUT2D eigenvalue weighted by Crippen LogP contribution is -2.56. The van der Waals surface area contributed by atoms with Crippen molar-refractivity contribution in [2.24, 2.45) is 17.2 Å². The number of rotatable bonds is 17. The highest BCUT2D eigenvalue weighted by molar-refractivity contribution is 5.93. The van der Waals surface area contributed by atoms with E-state index in [0.29, 0.717) is 50.9 Å². The third-order valence-corrected chi connectivity index (χ3v) is 5.22. The number of aromatic nitrogens is 2. The molecular formula is C21H38N8O5. The molecule has 0 aliphatic carbocycles. The standard InChI is InChI=1S/C21H38N8O5/c1-13(18(30)29-17(21(33)34)7-3-5-9-23)27-20(32)16(6-2-4-8-22)28-19(31)15(24)10-14-11-25-12-26-14/h11-13,15-17H,2-10,22-24H2,1H3,(H,25,26)(H,27,32)(H,28,31)(H,29,30)(H,33,34). The quantitative estimate of drug-likeness (QED) is 0.116. The molecule has 0 bridgehead atoms. The van der Waals surface area contributed by atoms with E-state index in [2.05, 4.69) is 25.9 Å². The maximum absolute atomic E-state index is 12.8. The smallest absolute Gasteiger partial charge is 0.326 e. The SMILES string of the molecule is CC(NC(=O)C(CCCCN)NC(=O)C(N)Cc1cnc[nH]1)C(=O)NC(CCCCN)C(=O)O. The Morgan fingerprint density at radius 1 is 0.941 bits per heavy atom. The van der Waals surface area contributed by atoms with Gasteiger partial charge in [-0.3, -0.25) is 14.4 Å². The molecule has 4 unspecified atom stereocenters. The summed E-state index contributed by atoms with van der Waals surface area (Å²) in [5.41, 5.74) is 17.6. The van der Waals surface area contributed by atoms with Crippen molar-refractivity contribution in [2.75, 3.05) is 13.1 Å². The average molecular weight is 483 g/mol. The zero-order chi connectivity index (χ0) is 25.5. The molecule has 4 atom stereocenters.